The normalized spacial score (nSPS) is 14.1. The first-order valence-corrected chi connectivity index (χ1v) is 13.2. The molecule has 37 heavy (non-hydrogen) atoms. The van der Waals surface area contributed by atoms with Gasteiger partial charge in [-0.25, -0.2) is 4.79 Å². The van der Waals surface area contributed by atoms with Crippen LogP contribution in [0.3, 0.4) is 0 Å². The Labute approximate surface area is 220 Å². The Balaban J connectivity index is 1.85. The third kappa shape index (κ3) is 10.0. The van der Waals surface area contributed by atoms with Crippen LogP contribution in [0.25, 0.3) is 0 Å². The molecule has 0 bridgehead atoms. The zero-order valence-electron chi connectivity index (χ0n) is 23.1. The van der Waals surface area contributed by atoms with Crippen molar-refractivity contribution in [2.45, 2.75) is 66.4 Å². The molecule has 2 rings (SSSR count). The summed E-state index contributed by atoms with van der Waals surface area (Å²) in [7, 11) is 0. The summed E-state index contributed by atoms with van der Waals surface area (Å²) in [6.07, 6.45) is 1.22. The van der Waals surface area contributed by atoms with Crippen LogP contribution in [0.5, 0.6) is 17.2 Å². The molecule has 1 fully saturated rings. The van der Waals surface area contributed by atoms with Crippen molar-refractivity contribution in [1.82, 2.24) is 15.5 Å². The van der Waals surface area contributed by atoms with E-state index in [1.807, 2.05) is 25.7 Å². The molecular weight excluding hydrogens is 478 g/mol. The molecule has 0 atom stereocenters. The van der Waals surface area contributed by atoms with Gasteiger partial charge in [-0.15, -0.1) is 0 Å². The number of piperidine rings is 1. The van der Waals surface area contributed by atoms with Crippen molar-refractivity contribution in [3.63, 3.8) is 0 Å². The molecule has 3 amide bonds. The maximum atomic E-state index is 13.3. The number of hydrogen-bond donors (Lipinski definition) is 2. The molecular formula is C27H43N3O7. The van der Waals surface area contributed by atoms with Gasteiger partial charge < -0.3 is 34.5 Å². The Morgan fingerprint density at radius 2 is 1.49 bits per heavy atom. The molecule has 1 saturated heterocycles. The van der Waals surface area contributed by atoms with Crippen molar-refractivity contribution in [3.05, 3.63) is 17.7 Å². The van der Waals surface area contributed by atoms with E-state index in [2.05, 4.69) is 10.6 Å². The van der Waals surface area contributed by atoms with Crippen LogP contribution in [-0.2, 0) is 9.53 Å². The second-order valence-electron chi connectivity index (χ2n) is 9.82. The van der Waals surface area contributed by atoms with Crippen LogP contribution in [0, 0.1) is 5.92 Å². The number of carbonyl (C=O) groups excluding carboxylic acids is 3. The monoisotopic (exact) mass is 521 g/mol. The Kier molecular flexibility index (Phi) is 11.8. The first kappa shape index (κ1) is 30.1. The zero-order chi connectivity index (χ0) is 27.4. The molecule has 0 aliphatic carbocycles. The van der Waals surface area contributed by atoms with E-state index in [0.29, 0.717) is 62.3 Å². The van der Waals surface area contributed by atoms with Crippen molar-refractivity contribution in [1.29, 1.82) is 0 Å². The van der Waals surface area contributed by atoms with E-state index in [-0.39, 0.29) is 30.7 Å². The summed E-state index contributed by atoms with van der Waals surface area (Å²) >= 11 is 0. The SMILES string of the molecule is CCOc1cc(C(=O)N2CCC(CNC(=O)CCNC(=O)OC(C)(C)C)CC2)cc(OCC)c1OCC. The molecule has 0 radical (unpaired) electrons. The van der Waals surface area contributed by atoms with Gasteiger partial charge >= 0.3 is 6.09 Å². The number of rotatable bonds is 12. The molecule has 0 spiro atoms. The van der Waals surface area contributed by atoms with E-state index >= 15 is 0 Å². The average molecular weight is 522 g/mol. The van der Waals surface area contributed by atoms with E-state index in [1.165, 1.54) is 0 Å². The Morgan fingerprint density at radius 3 is 2.00 bits per heavy atom. The van der Waals surface area contributed by atoms with Gasteiger partial charge in [-0.3, -0.25) is 9.59 Å². The number of nitrogens with zero attached hydrogens (tertiary/aromatic N) is 1. The second kappa shape index (κ2) is 14.5. The number of hydrogen-bond acceptors (Lipinski definition) is 7. The summed E-state index contributed by atoms with van der Waals surface area (Å²) in [5.41, 5.74) is -0.0771. The first-order chi connectivity index (χ1) is 17.6. The summed E-state index contributed by atoms with van der Waals surface area (Å²) in [4.78, 5) is 38.9. The molecule has 1 aliphatic rings. The number of benzene rings is 1. The third-order valence-electron chi connectivity index (χ3n) is 5.67. The van der Waals surface area contributed by atoms with Crippen LogP contribution in [0.2, 0.25) is 0 Å². The van der Waals surface area contributed by atoms with Crippen molar-refractivity contribution >= 4 is 17.9 Å². The number of ether oxygens (including phenoxy) is 4. The van der Waals surface area contributed by atoms with E-state index < -0.39 is 11.7 Å². The van der Waals surface area contributed by atoms with Crippen molar-refractivity contribution in [2.24, 2.45) is 5.92 Å². The van der Waals surface area contributed by atoms with E-state index in [9.17, 15) is 14.4 Å². The summed E-state index contributed by atoms with van der Waals surface area (Å²) < 4.78 is 22.4. The molecule has 2 N–H and O–H groups in total. The fourth-order valence-electron chi connectivity index (χ4n) is 3.97. The van der Waals surface area contributed by atoms with E-state index in [0.717, 1.165) is 12.8 Å². The maximum Gasteiger partial charge on any atom is 0.407 e. The lowest BCUT2D eigenvalue weighted by molar-refractivity contribution is -0.121. The topological polar surface area (TPSA) is 115 Å². The van der Waals surface area contributed by atoms with Gasteiger partial charge in [0.15, 0.2) is 11.5 Å². The molecule has 0 unspecified atom stereocenters. The van der Waals surface area contributed by atoms with Gasteiger partial charge in [-0.05, 0) is 72.4 Å². The fourth-order valence-corrected chi connectivity index (χ4v) is 3.97. The molecule has 10 nitrogen and oxygen atoms in total. The van der Waals surface area contributed by atoms with Gasteiger partial charge in [0.1, 0.15) is 5.60 Å². The highest BCUT2D eigenvalue weighted by Crippen LogP contribution is 2.39. The molecule has 10 heteroatoms. The predicted molar refractivity (Wildman–Crippen MR) is 140 cm³/mol. The Hall–Kier alpha value is -3.17. The second-order valence-corrected chi connectivity index (χ2v) is 9.82. The molecule has 1 heterocycles. The summed E-state index contributed by atoms with van der Waals surface area (Å²) in [6.45, 7) is 14.3. The minimum atomic E-state index is -0.577. The minimum absolute atomic E-state index is 0.0827. The first-order valence-electron chi connectivity index (χ1n) is 13.2. The number of amides is 3. The van der Waals surface area contributed by atoms with Crippen LogP contribution >= 0.6 is 0 Å². The molecule has 208 valence electrons. The van der Waals surface area contributed by atoms with E-state index in [4.69, 9.17) is 18.9 Å². The van der Waals surface area contributed by atoms with Crippen LogP contribution in [0.15, 0.2) is 12.1 Å². The zero-order valence-corrected chi connectivity index (χ0v) is 23.1. The maximum absolute atomic E-state index is 13.3. The number of likely N-dealkylation sites (tertiary alicyclic amines) is 1. The van der Waals surface area contributed by atoms with Gasteiger partial charge in [-0.2, -0.15) is 0 Å². The van der Waals surface area contributed by atoms with Crippen LogP contribution in [-0.4, -0.2) is 74.4 Å². The standard InChI is InChI=1S/C27H43N3O7/c1-7-34-21-16-20(17-22(35-8-2)24(21)36-9-3)25(32)30-14-11-19(12-15-30)18-29-23(31)10-13-28-26(33)37-27(4,5)6/h16-17,19H,7-15,18H2,1-6H3,(H,28,33)(H,29,31). The van der Waals surface area contributed by atoms with Gasteiger partial charge in [0.05, 0.1) is 19.8 Å². The fraction of sp³-hybridized carbons (Fsp3) is 0.667. The third-order valence-corrected chi connectivity index (χ3v) is 5.67. The van der Waals surface area contributed by atoms with Crippen molar-refractivity contribution < 1.29 is 33.3 Å². The van der Waals surface area contributed by atoms with Crippen molar-refractivity contribution in [3.8, 4) is 17.2 Å². The average Bonchev–Trinajstić information content (AvgIpc) is 2.83. The van der Waals surface area contributed by atoms with Crippen LogP contribution in [0.4, 0.5) is 4.79 Å². The molecule has 1 aliphatic heterocycles. The van der Waals surface area contributed by atoms with Crippen LogP contribution in [0.1, 0.15) is 71.2 Å². The quantitative estimate of drug-likeness (QED) is 0.430. The Bertz CT molecular complexity index is 879. The Morgan fingerprint density at radius 1 is 0.919 bits per heavy atom. The highest BCUT2D eigenvalue weighted by molar-refractivity contribution is 5.95. The number of alkyl carbamates (subject to hydrolysis) is 1. The van der Waals surface area contributed by atoms with Gasteiger partial charge in [0.25, 0.3) is 5.91 Å². The highest BCUT2D eigenvalue weighted by atomic mass is 16.6. The van der Waals surface area contributed by atoms with Gasteiger partial charge in [0, 0.05) is 38.2 Å². The number of carbonyl (C=O) groups is 3. The summed E-state index contributed by atoms with van der Waals surface area (Å²) in [5, 5.41) is 5.51. The summed E-state index contributed by atoms with van der Waals surface area (Å²) in [6, 6.07) is 3.44. The highest BCUT2D eigenvalue weighted by Gasteiger charge is 2.26. The molecule has 1 aromatic rings. The lowest BCUT2D eigenvalue weighted by Crippen LogP contribution is -2.42. The van der Waals surface area contributed by atoms with Crippen molar-refractivity contribution in [2.75, 3.05) is 46.0 Å². The smallest absolute Gasteiger partial charge is 0.407 e. The largest absolute Gasteiger partial charge is 0.490 e. The minimum Gasteiger partial charge on any atom is -0.490 e. The molecule has 1 aromatic carbocycles. The molecule has 0 aromatic heterocycles. The predicted octanol–water partition coefficient (Wildman–Crippen LogP) is 3.77. The van der Waals surface area contributed by atoms with E-state index in [1.54, 1.807) is 32.9 Å². The van der Waals surface area contributed by atoms with Gasteiger partial charge in [-0.1, -0.05) is 0 Å². The van der Waals surface area contributed by atoms with Gasteiger partial charge in [0.2, 0.25) is 11.7 Å². The lowest BCUT2D eigenvalue weighted by Gasteiger charge is -2.32. The van der Waals surface area contributed by atoms with Crippen LogP contribution < -0.4 is 24.8 Å². The number of nitrogens with one attached hydrogen (secondary N) is 2. The lowest BCUT2D eigenvalue weighted by atomic mass is 9.96. The summed E-state index contributed by atoms with van der Waals surface area (Å²) in [5.74, 6) is 1.58. The molecule has 0 saturated carbocycles.